The Morgan fingerprint density at radius 2 is 1.67 bits per heavy atom. The van der Waals surface area contributed by atoms with Crippen LogP contribution >= 0.6 is 23.2 Å². The predicted molar refractivity (Wildman–Crippen MR) is 142 cm³/mol. The molecule has 1 aliphatic heterocycles. The normalized spacial score (nSPS) is 16.6. The third-order valence-electron chi connectivity index (χ3n) is 7.25. The van der Waals surface area contributed by atoms with E-state index in [-0.39, 0.29) is 6.67 Å². The molecule has 3 aromatic rings. The standard InChI is InChI=1S/C30H28Cl2F3N/c31-22-9-10-24(28(32)14-22)26-4-1-3-25-27(15-23(34)16-29(25)35)30(26)21-7-5-19(6-8-21)13-20-17-36(18-20)12-2-11-33/h5-10,14-16,20H,1-4,11-13,17-18H2. The van der Waals surface area contributed by atoms with E-state index in [1.807, 2.05) is 18.2 Å². The predicted octanol–water partition coefficient (Wildman–Crippen LogP) is 8.40. The van der Waals surface area contributed by atoms with E-state index in [2.05, 4.69) is 17.0 Å². The lowest BCUT2D eigenvalue weighted by molar-refractivity contribution is 0.0968. The summed E-state index contributed by atoms with van der Waals surface area (Å²) in [6.07, 6.45) is 3.50. The number of rotatable bonds is 7. The Morgan fingerprint density at radius 3 is 2.39 bits per heavy atom. The van der Waals surface area contributed by atoms with Gasteiger partial charge in [0, 0.05) is 35.7 Å². The van der Waals surface area contributed by atoms with Gasteiger partial charge in [0.25, 0.3) is 0 Å². The molecule has 1 fully saturated rings. The molecule has 5 rings (SSSR count). The van der Waals surface area contributed by atoms with Crippen LogP contribution in [-0.2, 0) is 12.8 Å². The Labute approximate surface area is 220 Å². The van der Waals surface area contributed by atoms with E-state index in [0.717, 1.165) is 60.8 Å². The lowest BCUT2D eigenvalue weighted by Gasteiger charge is -2.39. The average molecular weight is 530 g/mol. The molecule has 0 spiro atoms. The van der Waals surface area contributed by atoms with Crippen molar-refractivity contribution >= 4 is 34.3 Å². The summed E-state index contributed by atoms with van der Waals surface area (Å²) in [6, 6.07) is 16.1. The van der Waals surface area contributed by atoms with Crippen molar-refractivity contribution in [3.8, 4) is 0 Å². The van der Waals surface area contributed by atoms with Crippen LogP contribution in [0.2, 0.25) is 10.0 Å². The van der Waals surface area contributed by atoms with Gasteiger partial charge in [-0.3, -0.25) is 4.39 Å². The highest BCUT2D eigenvalue weighted by Gasteiger charge is 2.27. The van der Waals surface area contributed by atoms with Crippen LogP contribution in [0.1, 0.15) is 47.1 Å². The molecule has 0 bridgehead atoms. The molecule has 0 saturated carbocycles. The Hall–Kier alpha value is -2.27. The van der Waals surface area contributed by atoms with Crippen molar-refractivity contribution in [3.05, 3.63) is 104 Å². The summed E-state index contributed by atoms with van der Waals surface area (Å²) in [4.78, 5) is 2.29. The molecule has 1 nitrogen and oxygen atoms in total. The van der Waals surface area contributed by atoms with Crippen LogP contribution in [0.3, 0.4) is 0 Å². The number of fused-ring (bicyclic) bond motifs is 1. The monoisotopic (exact) mass is 529 g/mol. The molecule has 0 amide bonds. The molecular weight excluding hydrogens is 502 g/mol. The molecule has 0 unspecified atom stereocenters. The SMILES string of the molecule is FCCCN1CC(Cc2ccc(C3=C(c4ccc(Cl)cc4Cl)CCCc4c(F)cc(F)cc43)cc2)C1. The summed E-state index contributed by atoms with van der Waals surface area (Å²) in [5.41, 5.74) is 5.87. The van der Waals surface area contributed by atoms with Crippen molar-refractivity contribution in [3.63, 3.8) is 0 Å². The van der Waals surface area contributed by atoms with Crippen molar-refractivity contribution in [2.45, 2.75) is 32.1 Å². The van der Waals surface area contributed by atoms with Gasteiger partial charge in [0.05, 0.1) is 6.67 Å². The van der Waals surface area contributed by atoms with E-state index in [1.54, 1.807) is 12.1 Å². The Bertz CT molecular complexity index is 1280. The van der Waals surface area contributed by atoms with Gasteiger partial charge in [0.1, 0.15) is 11.6 Å². The van der Waals surface area contributed by atoms with Crippen LogP contribution in [0.4, 0.5) is 13.2 Å². The lowest BCUT2D eigenvalue weighted by Crippen LogP contribution is -2.47. The zero-order chi connectivity index (χ0) is 25.2. The van der Waals surface area contributed by atoms with Crippen LogP contribution in [-0.4, -0.2) is 31.2 Å². The molecule has 0 radical (unpaired) electrons. The molecule has 1 aliphatic carbocycles. The second-order valence-corrected chi connectivity index (χ2v) is 10.7. The van der Waals surface area contributed by atoms with Gasteiger partial charge in [0.2, 0.25) is 0 Å². The van der Waals surface area contributed by atoms with Crippen LogP contribution in [0.15, 0.2) is 54.6 Å². The van der Waals surface area contributed by atoms with Gasteiger partial charge in [-0.1, -0.05) is 53.5 Å². The summed E-state index contributed by atoms with van der Waals surface area (Å²) in [5, 5.41) is 1.06. The average Bonchev–Trinajstić information content (AvgIpc) is 3.01. The number of benzene rings is 3. The van der Waals surface area contributed by atoms with E-state index in [0.29, 0.717) is 46.4 Å². The largest absolute Gasteiger partial charge is 0.303 e. The minimum Gasteiger partial charge on any atom is -0.303 e. The van der Waals surface area contributed by atoms with Crippen LogP contribution in [0.5, 0.6) is 0 Å². The molecule has 36 heavy (non-hydrogen) atoms. The molecule has 3 aromatic carbocycles. The maximum atomic E-state index is 14.9. The molecule has 0 aromatic heterocycles. The highest BCUT2D eigenvalue weighted by molar-refractivity contribution is 6.36. The van der Waals surface area contributed by atoms with Crippen LogP contribution in [0.25, 0.3) is 11.1 Å². The minimum absolute atomic E-state index is 0.265. The zero-order valence-electron chi connectivity index (χ0n) is 20.0. The maximum Gasteiger partial charge on any atom is 0.129 e. The first-order chi connectivity index (χ1) is 17.4. The minimum atomic E-state index is -0.592. The van der Waals surface area contributed by atoms with Crippen LogP contribution < -0.4 is 0 Å². The Morgan fingerprint density at radius 1 is 0.889 bits per heavy atom. The highest BCUT2D eigenvalue weighted by Crippen LogP contribution is 2.43. The molecule has 6 heteroatoms. The van der Waals surface area contributed by atoms with Crippen molar-refractivity contribution in [1.82, 2.24) is 4.90 Å². The van der Waals surface area contributed by atoms with Crippen molar-refractivity contribution < 1.29 is 13.2 Å². The van der Waals surface area contributed by atoms with Crippen molar-refractivity contribution in [2.75, 3.05) is 26.3 Å². The van der Waals surface area contributed by atoms with E-state index < -0.39 is 11.6 Å². The van der Waals surface area contributed by atoms with Crippen molar-refractivity contribution in [2.24, 2.45) is 5.92 Å². The highest BCUT2D eigenvalue weighted by atomic mass is 35.5. The van der Waals surface area contributed by atoms with Gasteiger partial charge in [-0.05, 0) is 95.2 Å². The van der Waals surface area contributed by atoms with Gasteiger partial charge in [-0.25, -0.2) is 8.78 Å². The number of hydrogen-bond donors (Lipinski definition) is 0. The number of halogens is 5. The topological polar surface area (TPSA) is 3.24 Å². The lowest BCUT2D eigenvalue weighted by atomic mass is 9.86. The molecule has 2 aliphatic rings. The molecular formula is C30H28Cl2F3N. The number of allylic oxidation sites excluding steroid dienone is 1. The smallest absolute Gasteiger partial charge is 0.129 e. The van der Waals surface area contributed by atoms with Crippen molar-refractivity contribution in [1.29, 1.82) is 0 Å². The fourth-order valence-electron chi connectivity index (χ4n) is 5.56. The van der Waals surface area contributed by atoms with Gasteiger partial charge >= 0.3 is 0 Å². The van der Waals surface area contributed by atoms with Gasteiger partial charge in [-0.2, -0.15) is 0 Å². The van der Waals surface area contributed by atoms with Crippen LogP contribution in [0, 0.1) is 17.6 Å². The van der Waals surface area contributed by atoms with Gasteiger partial charge < -0.3 is 4.90 Å². The summed E-state index contributed by atoms with van der Waals surface area (Å²) in [6.45, 7) is 2.55. The van der Waals surface area contributed by atoms with Gasteiger partial charge in [-0.15, -0.1) is 0 Å². The van der Waals surface area contributed by atoms with Gasteiger partial charge in [0.15, 0.2) is 0 Å². The second kappa shape index (κ2) is 11.0. The first kappa shape index (κ1) is 25.4. The molecule has 188 valence electrons. The van der Waals surface area contributed by atoms with E-state index in [9.17, 15) is 13.2 Å². The molecule has 0 N–H and O–H groups in total. The number of hydrogen-bond acceptors (Lipinski definition) is 1. The molecule has 1 saturated heterocycles. The summed E-state index contributed by atoms with van der Waals surface area (Å²) in [7, 11) is 0. The summed E-state index contributed by atoms with van der Waals surface area (Å²) >= 11 is 12.8. The summed E-state index contributed by atoms with van der Waals surface area (Å²) in [5.74, 6) is -0.532. The molecule has 0 atom stereocenters. The molecule has 1 heterocycles. The number of nitrogens with zero attached hydrogens (tertiary/aromatic N) is 1. The van der Waals surface area contributed by atoms with E-state index >= 15 is 0 Å². The van der Waals surface area contributed by atoms with E-state index in [1.165, 1.54) is 11.6 Å². The number of likely N-dealkylation sites (tertiary alicyclic amines) is 1. The number of alkyl halides is 1. The Kier molecular flexibility index (Phi) is 7.76. The third kappa shape index (κ3) is 5.37. The quantitative estimate of drug-likeness (QED) is 0.297. The fraction of sp³-hybridized carbons (Fsp3) is 0.333. The van der Waals surface area contributed by atoms with E-state index in [4.69, 9.17) is 23.2 Å². The zero-order valence-corrected chi connectivity index (χ0v) is 21.5. The fourth-order valence-corrected chi connectivity index (χ4v) is 6.08. The third-order valence-corrected chi connectivity index (χ3v) is 7.80. The second-order valence-electron chi connectivity index (χ2n) is 9.81. The maximum absolute atomic E-state index is 14.9. The first-order valence-electron chi connectivity index (χ1n) is 12.5. The Balaban J connectivity index is 1.52. The first-order valence-corrected chi connectivity index (χ1v) is 13.2. The summed E-state index contributed by atoms with van der Waals surface area (Å²) < 4.78 is 41.8.